The number of hydrogen-bond donors (Lipinski definition) is 0. The third kappa shape index (κ3) is 3.19. The van der Waals surface area contributed by atoms with Crippen LogP contribution in [0.25, 0.3) is 11.5 Å². The lowest BCUT2D eigenvalue weighted by Crippen LogP contribution is -2.24. The lowest BCUT2D eigenvalue weighted by atomic mass is 10.0. The van der Waals surface area contributed by atoms with Crippen molar-refractivity contribution in [3.63, 3.8) is 0 Å². The largest absolute Gasteiger partial charge is 0.459 e. The average molecular weight is 328 g/mol. The molecule has 1 aromatic carbocycles. The van der Waals surface area contributed by atoms with Gasteiger partial charge < -0.3 is 14.0 Å². The Hall–Kier alpha value is -2.21. The Bertz CT molecular complexity index is 715. The van der Waals surface area contributed by atoms with E-state index in [9.17, 15) is 4.79 Å². The van der Waals surface area contributed by atoms with Crippen molar-refractivity contribution in [3.05, 3.63) is 35.7 Å². The van der Waals surface area contributed by atoms with Crippen LogP contribution in [0.1, 0.15) is 48.3 Å². The minimum absolute atomic E-state index is 0.142. The van der Waals surface area contributed by atoms with Gasteiger partial charge in [-0.15, -0.1) is 0 Å². The topological polar surface area (TPSA) is 74.5 Å². The second kappa shape index (κ2) is 6.36. The second-order valence-corrected chi connectivity index (χ2v) is 6.54. The number of ether oxygens (including phenoxy) is 2. The van der Waals surface area contributed by atoms with Gasteiger partial charge in [0.05, 0.1) is 12.2 Å². The molecule has 6 nitrogen and oxygen atoms in total. The van der Waals surface area contributed by atoms with Crippen LogP contribution in [0.3, 0.4) is 0 Å². The summed E-state index contributed by atoms with van der Waals surface area (Å²) in [6.07, 6.45) is 3.06. The molecule has 1 aliphatic carbocycles. The molecule has 1 saturated heterocycles. The second-order valence-electron chi connectivity index (χ2n) is 6.54. The maximum absolute atomic E-state index is 12.2. The molecule has 0 bridgehead atoms. The third-order valence-electron chi connectivity index (χ3n) is 4.67. The zero-order chi connectivity index (χ0) is 16.5. The van der Waals surface area contributed by atoms with E-state index >= 15 is 0 Å². The van der Waals surface area contributed by atoms with Gasteiger partial charge in [0, 0.05) is 24.0 Å². The number of aromatic nitrogens is 2. The van der Waals surface area contributed by atoms with Gasteiger partial charge in [0.15, 0.2) is 5.82 Å². The van der Waals surface area contributed by atoms with Crippen molar-refractivity contribution in [2.75, 3.05) is 13.2 Å². The maximum Gasteiger partial charge on any atom is 0.338 e. The van der Waals surface area contributed by atoms with E-state index in [1.807, 2.05) is 19.1 Å². The van der Waals surface area contributed by atoms with E-state index in [1.165, 1.54) is 0 Å². The molecule has 2 atom stereocenters. The molecule has 2 aliphatic rings. The highest BCUT2D eigenvalue weighted by molar-refractivity contribution is 5.90. The number of nitrogens with zero attached hydrogens (tertiary/aromatic N) is 2. The molecule has 0 amide bonds. The fraction of sp³-hybridized carbons (Fsp3) is 0.500. The Morgan fingerprint density at radius 2 is 2.04 bits per heavy atom. The molecular formula is C18H20N2O4. The molecule has 0 spiro atoms. The van der Waals surface area contributed by atoms with E-state index < -0.39 is 0 Å². The quantitative estimate of drug-likeness (QED) is 0.785. The average Bonchev–Trinajstić information content (AvgIpc) is 3.12. The number of esters is 1. The highest BCUT2D eigenvalue weighted by atomic mass is 16.5. The van der Waals surface area contributed by atoms with E-state index in [0.717, 1.165) is 37.3 Å². The smallest absolute Gasteiger partial charge is 0.338 e. The summed E-state index contributed by atoms with van der Waals surface area (Å²) in [5.41, 5.74) is 1.33. The molecular weight excluding hydrogens is 308 g/mol. The first-order valence-corrected chi connectivity index (χ1v) is 8.43. The summed E-state index contributed by atoms with van der Waals surface area (Å²) in [5, 5.41) is 4.01. The molecule has 126 valence electrons. The number of rotatable bonds is 5. The molecule has 1 saturated carbocycles. The Kier molecular flexibility index (Phi) is 4.06. The Labute approximate surface area is 140 Å². The van der Waals surface area contributed by atoms with Gasteiger partial charge in [-0.2, -0.15) is 4.98 Å². The van der Waals surface area contributed by atoms with E-state index in [2.05, 4.69) is 10.1 Å². The molecule has 2 heterocycles. The van der Waals surface area contributed by atoms with Gasteiger partial charge in [-0.3, -0.25) is 0 Å². The number of carbonyl (C=O) groups excluding carboxylic acids is 1. The van der Waals surface area contributed by atoms with Crippen LogP contribution in [0.15, 0.2) is 28.8 Å². The summed E-state index contributed by atoms with van der Waals surface area (Å²) < 4.78 is 16.2. The highest BCUT2D eigenvalue weighted by Crippen LogP contribution is 2.38. The summed E-state index contributed by atoms with van der Waals surface area (Å²) in [4.78, 5) is 16.7. The first-order chi connectivity index (χ1) is 11.7. The van der Waals surface area contributed by atoms with Crippen LogP contribution >= 0.6 is 0 Å². The van der Waals surface area contributed by atoms with Crippen LogP contribution in [0.4, 0.5) is 0 Å². The molecule has 2 unspecified atom stereocenters. The van der Waals surface area contributed by atoms with Gasteiger partial charge in [0.1, 0.15) is 6.10 Å². The van der Waals surface area contributed by atoms with Crippen LogP contribution in [-0.2, 0) is 9.47 Å². The molecule has 0 N–H and O–H groups in total. The normalized spacial score (nSPS) is 21.6. The number of hydrogen-bond acceptors (Lipinski definition) is 6. The predicted molar refractivity (Wildman–Crippen MR) is 85.5 cm³/mol. The van der Waals surface area contributed by atoms with E-state index in [4.69, 9.17) is 14.0 Å². The first kappa shape index (κ1) is 15.3. The minimum Gasteiger partial charge on any atom is -0.459 e. The van der Waals surface area contributed by atoms with Crippen LogP contribution < -0.4 is 0 Å². The summed E-state index contributed by atoms with van der Waals surface area (Å²) in [6, 6.07) is 7.08. The van der Waals surface area contributed by atoms with Crippen LogP contribution in [0.2, 0.25) is 0 Å². The summed E-state index contributed by atoms with van der Waals surface area (Å²) >= 11 is 0. The molecule has 4 rings (SSSR count). The van der Waals surface area contributed by atoms with Crippen molar-refractivity contribution < 1.29 is 18.8 Å². The third-order valence-corrected chi connectivity index (χ3v) is 4.67. The van der Waals surface area contributed by atoms with Gasteiger partial charge in [0.2, 0.25) is 0 Å². The Morgan fingerprint density at radius 1 is 1.25 bits per heavy atom. The fourth-order valence-electron chi connectivity index (χ4n) is 2.86. The van der Waals surface area contributed by atoms with Crippen molar-refractivity contribution in [1.82, 2.24) is 10.1 Å². The standard InChI is InChI=1S/C18H20N2O4/c1-11(15-8-9-22-10-15)23-18(21)14-6-4-13(5-7-14)17-19-16(20-24-17)12-2-3-12/h4-7,11-12,15H,2-3,8-10H2,1H3. The van der Waals surface area contributed by atoms with Crippen LogP contribution in [-0.4, -0.2) is 35.4 Å². The van der Waals surface area contributed by atoms with E-state index in [1.54, 1.807) is 12.1 Å². The summed E-state index contributed by atoms with van der Waals surface area (Å²) in [7, 11) is 0. The SMILES string of the molecule is CC(OC(=O)c1ccc(-c2nc(C3CC3)no2)cc1)C1CCOC1. The number of benzene rings is 1. The molecule has 0 radical (unpaired) electrons. The molecule has 2 fully saturated rings. The van der Waals surface area contributed by atoms with Gasteiger partial charge in [-0.25, -0.2) is 4.79 Å². The van der Waals surface area contributed by atoms with Gasteiger partial charge >= 0.3 is 5.97 Å². The summed E-state index contributed by atoms with van der Waals surface area (Å²) in [6.45, 7) is 3.33. The zero-order valence-electron chi connectivity index (χ0n) is 13.6. The number of carbonyl (C=O) groups is 1. The fourth-order valence-corrected chi connectivity index (χ4v) is 2.86. The van der Waals surface area contributed by atoms with E-state index in [0.29, 0.717) is 24.0 Å². The Morgan fingerprint density at radius 3 is 2.71 bits per heavy atom. The first-order valence-electron chi connectivity index (χ1n) is 8.43. The lowest BCUT2D eigenvalue weighted by Gasteiger charge is -2.18. The Balaban J connectivity index is 1.41. The van der Waals surface area contributed by atoms with Crippen molar-refractivity contribution in [3.8, 4) is 11.5 Å². The molecule has 6 heteroatoms. The minimum atomic E-state index is -0.315. The van der Waals surface area contributed by atoms with Gasteiger partial charge in [-0.05, 0) is 50.5 Å². The van der Waals surface area contributed by atoms with E-state index in [-0.39, 0.29) is 18.0 Å². The van der Waals surface area contributed by atoms with Gasteiger partial charge in [-0.1, -0.05) is 5.16 Å². The van der Waals surface area contributed by atoms with Gasteiger partial charge in [0.25, 0.3) is 5.89 Å². The monoisotopic (exact) mass is 328 g/mol. The molecule has 1 aliphatic heterocycles. The highest BCUT2D eigenvalue weighted by Gasteiger charge is 2.29. The van der Waals surface area contributed by atoms with Crippen LogP contribution in [0.5, 0.6) is 0 Å². The van der Waals surface area contributed by atoms with Crippen molar-refractivity contribution >= 4 is 5.97 Å². The molecule has 1 aromatic heterocycles. The maximum atomic E-state index is 12.2. The molecule has 2 aromatic rings. The van der Waals surface area contributed by atoms with Crippen molar-refractivity contribution in [2.24, 2.45) is 5.92 Å². The lowest BCUT2D eigenvalue weighted by molar-refractivity contribution is 0.0180. The molecule has 24 heavy (non-hydrogen) atoms. The summed E-state index contributed by atoms with van der Waals surface area (Å²) in [5.74, 6) is 1.70. The van der Waals surface area contributed by atoms with Crippen molar-refractivity contribution in [1.29, 1.82) is 0 Å². The van der Waals surface area contributed by atoms with Crippen molar-refractivity contribution in [2.45, 2.75) is 38.2 Å². The zero-order valence-corrected chi connectivity index (χ0v) is 13.6. The predicted octanol–water partition coefficient (Wildman–Crippen LogP) is 3.20. The van der Waals surface area contributed by atoms with Crippen LogP contribution in [0, 0.1) is 5.92 Å².